The number of sulfone groups is 1. The average molecular weight is 277 g/mol. The Labute approximate surface area is 107 Å². The van der Waals surface area contributed by atoms with Crippen molar-refractivity contribution in [3.63, 3.8) is 0 Å². The number of benzene rings is 1. The van der Waals surface area contributed by atoms with Crippen molar-refractivity contribution >= 4 is 21.4 Å². The zero-order valence-corrected chi connectivity index (χ0v) is 11.5. The van der Waals surface area contributed by atoms with Crippen molar-refractivity contribution in [2.75, 3.05) is 12.0 Å². The molecular weight excluding hydrogens is 260 g/mol. The molecule has 3 N–H and O–H groups in total. The van der Waals surface area contributed by atoms with Crippen LogP contribution in [0.4, 0.5) is 0 Å². The summed E-state index contributed by atoms with van der Waals surface area (Å²) in [6.45, 7) is 1.94. The summed E-state index contributed by atoms with van der Waals surface area (Å²) < 4.78 is 22.3. The number of hydrazine groups is 1. The van der Waals surface area contributed by atoms with Crippen molar-refractivity contribution in [3.05, 3.63) is 34.3 Å². The van der Waals surface area contributed by atoms with Gasteiger partial charge in [-0.05, 0) is 36.6 Å². The Morgan fingerprint density at radius 3 is 2.65 bits per heavy atom. The Morgan fingerprint density at radius 2 is 2.12 bits per heavy atom. The first-order valence-corrected chi connectivity index (χ1v) is 7.67. The predicted octanol–water partition coefficient (Wildman–Crippen LogP) is 1.59. The molecule has 0 aliphatic rings. The van der Waals surface area contributed by atoms with Crippen LogP contribution in [0, 0.1) is 6.92 Å². The summed E-state index contributed by atoms with van der Waals surface area (Å²) in [6, 6.07) is 5.29. The van der Waals surface area contributed by atoms with Crippen molar-refractivity contribution in [3.8, 4) is 0 Å². The SMILES string of the molecule is Cc1ccc(Cl)cc1C(CCS(C)(=O)=O)NN. The van der Waals surface area contributed by atoms with Crippen molar-refractivity contribution in [2.24, 2.45) is 5.84 Å². The smallest absolute Gasteiger partial charge is 0.147 e. The highest BCUT2D eigenvalue weighted by atomic mass is 35.5. The monoisotopic (exact) mass is 276 g/mol. The van der Waals surface area contributed by atoms with Gasteiger partial charge in [0.25, 0.3) is 0 Å². The second-order valence-electron chi connectivity index (χ2n) is 4.14. The lowest BCUT2D eigenvalue weighted by Crippen LogP contribution is -2.30. The van der Waals surface area contributed by atoms with Crippen molar-refractivity contribution in [1.29, 1.82) is 0 Å². The predicted molar refractivity (Wildman–Crippen MR) is 70.6 cm³/mol. The van der Waals surface area contributed by atoms with Crippen molar-refractivity contribution in [1.82, 2.24) is 5.43 Å². The Hall–Kier alpha value is -0.620. The number of nitrogens with one attached hydrogen (secondary N) is 1. The lowest BCUT2D eigenvalue weighted by atomic mass is 10.00. The van der Waals surface area contributed by atoms with Gasteiger partial charge in [0.1, 0.15) is 9.84 Å². The third kappa shape index (κ3) is 4.63. The highest BCUT2D eigenvalue weighted by Gasteiger charge is 2.15. The summed E-state index contributed by atoms with van der Waals surface area (Å²) in [4.78, 5) is 0. The Balaban J connectivity index is 2.90. The Morgan fingerprint density at radius 1 is 1.47 bits per heavy atom. The molecule has 0 heterocycles. The maximum atomic E-state index is 11.1. The normalized spacial score (nSPS) is 13.6. The van der Waals surface area contributed by atoms with Crippen LogP contribution in [0.5, 0.6) is 0 Å². The quantitative estimate of drug-likeness (QED) is 0.633. The molecule has 1 unspecified atom stereocenters. The van der Waals surface area contributed by atoms with E-state index < -0.39 is 9.84 Å². The second kappa shape index (κ2) is 5.82. The van der Waals surface area contributed by atoms with Crippen LogP contribution >= 0.6 is 11.6 Å². The molecule has 96 valence electrons. The molecule has 0 fully saturated rings. The van der Waals surface area contributed by atoms with Gasteiger partial charge < -0.3 is 0 Å². The van der Waals surface area contributed by atoms with Gasteiger partial charge >= 0.3 is 0 Å². The largest absolute Gasteiger partial charge is 0.271 e. The summed E-state index contributed by atoms with van der Waals surface area (Å²) >= 11 is 5.92. The van der Waals surface area contributed by atoms with Gasteiger partial charge in [-0.3, -0.25) is 11.3 Å². The van der Waals surface area contributed by atoms with Crippen LogP contribution in [0.1, 0.15) is 23.6 Å². The molecule has 1 aromatic carbocycles. The molecule has 0 spiro atoms. The van der Waals surface area contributed by atoms with E-state index in [0.717, 1.165) is 11.1 Å². The van der Waals surface area contributed by atoms with E-state index in [2.05, 4.69) is 5.43 Å². The molecule has 1 aromatic rings. The minimum atomic E-state index is -2.99. The van der Waals surface area contributed by atoms with E-state index in [1.54, 1.807) is 6.07 Å². The van der Waals surface area contributed by atoms with Crippen LogP contribution in [0.2, 0.25) is 5.02 Å². The number of aryl methyl sites for hydroxylation is 1. The molecule has 1 rings (SSSR count). The second-order valence-corrected chi connectivity index (χ2v) is 6.83. The molecule has 0 aromatic heterocycles. The molecule has 0 saturated carbocycles. The highest BCUT2D eigenvalue weighted by molar-refractivity contribution is 7.90. The zero-order chi connectivity index (χ0) is 13.1. The first kappa shape index (κ1) is 14.4. The first-order valence-electron chi connectivity index (χ1n) is 5.23. The van der Waals surface area contributed by atoms with Gasteiger partial charge in [0.2, 0.25) is 0 Å². The Kier molecular flexibility index (Phi) is 4.94. The van der Waals surface area contributed by atoms with Crippen molar-refractivity contribution < 1.29 is 8.42 Å². The highest BCUT2D eigenvalue weighted by Crippen LogP contribution is 2.24. The molecule has 0 saturated heterocycles. The van der Waals surface area contributed by atoms with E-state index >= 15 is 0 Å². The summed E-state index contributed by atoms with van der Waals surface area (Å²) in [6.07, 6.45) is 1.64. The lowest BCUT2D eigenvalue weighted by Gasteiger charge is -2.18. The van der Waals surface area contributed by atoms with E-state index in [9.17, 15) is 8.42 Å². The summed E-state index contributed by atoms with van der Waals surface area (Å²) in [5.74, 6) is 5.56. The van der Waals surface area contributed by atoms with Gasteiger partial charge in [-0.1, -0.05) is 17.7 Å². The summed E-state index contributed by atoms with van der Waals surface area (Å²) in [5, 5.41) is 0.616. The fourth-order valence-corrected chi connectivity index (χ4v) is 2.49. The van der Waals surface area contributed by atoms with Crippen LogP contribution in [0.15, 0.2) is 18.2 Å². The molecule has 0 amide bonds. The number of halogens is 1. The third-order valence-electron chi connectivity index (χ3n) is 2.60. The number of hydrogen-bond acceptors (Lipinski definition) is 4. The zero-order valence-electron chi connectivity index (χ0n) is 9.90. The molecule has 0 bridgehead atoms. The topological polar surface area (TPSA) is 72.2 Å². The summed E-state index contributed by atoms with van der Waals surface area (Å²) in [7, 11) is -2.99. The minimum Gasteiger partial charge on any atom is -0.271 e. The fourth-order valence-electron chi connectivity index (χ4n) is 1.65. The van der Waals surface area contributed by atoms with E-state index in [1.807, 2.05) is 19.1 Å². The molecule has 17 heavy (non-hydrogen) atoms. The van der Waals surface area contributed by atoms with Crippen molar-refractivity contribution in [2.45, 2.75) is 19.4 Å². The minimum absolute atomic E-state index is 0.0911. The first-order chi connectivity index (χ1) is 7.83. The number of hydrogen-bond donors (Lipinski definition) is 2. The third-order valence-corrected chi connectivity index (χ3v) is 3.81. The fraction of sp³-hybridized carbons (Fsp3) is 0.455. The van der Waals surface area contributed by atoms with Crippen LogP contribution in [-0.4, -0.2) is 20.4 Å². The molecule has 6 heteroatoms. The molecular formula is C11H17ClN2O2S. The van der Waals surface area contributed by atoms with Crippen LogP contribution < -0.4 is 11.3 Å². The number of nitrogens with two attached hydrogens (primary N) is 1. The van der Waals surface area contributed by atoms with Crippen LogP contribution in [0.25, 0.3) is 0 Å². The standard InChI is InChI=1S/C11H17ClN2O2S/c1-8-3-4-9(12)7-10(8)11(14-13)5-6-17(2,15)16/h3-4,7,11,14H,5-6,13H2,1-2H3. The van der Waals surface area contributed by atoms with Gasteiger partial charge in [-0.25, -0.2) is 8.42 Å². The van der Waals surface area contributed by atoms with E-state index in [0.29, 0.717) is 11.4 Å². The Bertz CT molecular complexity index is 488. The van der Waals surface area contributed by atoms with E-state index in [1.165, 1.54) is 6.26 Å². The van der Waals surface area contributed by atoms with E-state index in [4.69, 9.17) is 17.4 Å². The van der Waals surface area contributed by atoms with Gasteiger partial charge in [0.05, 0.1) is 5.75 Å². The van der Waals surface area contributed by atoms with Gasteiger partial charge in [0, 0.05) is 17.3 Å². The van der Waals surface area contributed by atoms with Gasteiger partial charge in [-0.15, -0.1) is 0 Å². The summed E-state index contributed by atoms with van der Waals surface area (Å²) in [5.41, 5.74) is 4.60. The number of rotatable bonds is 5. The van der Waals surface area contributed by atoms with E-state index in [-0.39, 0.29) is 11.8 Å². The molecule has 1 atom stereocenters. The van der Waals surface area contributed by atoms with Gasteiger partial charge in [-0.2, -0.15) is 0 Å². The maximum Gasteiger partial charge on any atom is 0.147 e. The molecule has 0 aliphatic heterocycles. The lowest BCUT2D eigenvalue weighted by molar-refractivity contribution is 0.529. The average Bonchev–Trinajstić information content (AvgIpc) is 2.22. The molecule has 0 radical (unpaired) electrons. The van der Waals surface area contributed by atoms with Gasteiger partial charge in [0.15, 0.2) is 0 Å². The van der Waals surface area contributed by atoms with Crippen LogP contribution in [-0.2, 0) is 9.84 Å². The molecule has 4 nitrogen and oxygen atoms in total. The van der Waals surface area contributed by atoms with Crippen LogP contribution in [0.3, 0.4) is 0 Å². The molecule has 0 aliphatic carbocycles. The maximum absolute atomic E-state index is 11.1.